The monoisotopic (exact) mass is 171 g/mol. The molecule has 0 aromatic heterocycles. The maximum atomic E-state index is 11.0. The van der Waals surface area contributed by atoms with Crippen molar-refractivity contribution in [3.05, 3.63) is 0 Å². The van der Waals surface area contributed by atoms with Crippen LogP contribution < -0.4 is 5.32 Å². The normalized spacial score (nSPS) is 23.4. The van der Waals surface area contributed by atoms with Crippen molar-refractivity contribution in [2.45, 2.75) is 25.8 Å². The van der Waals surface area contributed by atoms with Gasteiger partial charge < -0.3 is 4.90 Å². The van der Waals surface area contributed by atoms with Crippen LogP contribution in [-0.2, 0) is 4.79 Å². The molecule has 0 bridgehead atoms. The molecule has 0 aliphatic carbocycles. The van der Waals surface area contributed by atoms with Crippen molar-refractivity contribution < 1.29 is 4.79 Å². The van der Waals surface area contributed by atoms with E-state index in [0.717, 1.165) is 0 Å². The Morgan fingerprint density at radius 3 is 2.64 bits per heavy atom. The molecule has 1 saturated heterocycles. The zero-order valence-electron chi connectivity index (χ0n) is 6.92. The fourth-order valence-corrected chi connectivity index (χ4v) is 1.32. The lowest BCUT2D eigenvalue weighted by atomic mass is 9.97. The molecule has 0 N–H and O–H groups in total. The van der Waals surface area contributed by atoms with E-state index in [-0.39, 0.29) is 11.4 Å². The lowest BCUT2D eigenvalue weighted by Crippen LogP contribution is -2.55. The molecule has 0 atom stereocenters. The molecule has 0 saturated carbocycles. The van der Waals surface area contributed by atoms with Crippen LogP contribution in [0.4, 0.5) is 0 Å². The first kappa shape index (κ1) is 8.46. The van der Waals surface area contributed by atoms with Crippen LogP contribution in [0, 0.1) is 0 Å². The average molecular weight is 171 g/mol. The Kier molecular flexibility index (Phi) is 1.88. The number of hydrogen-bond donors (Lipinski definition) is 0. The third kappa shape index (κ3) is 1.50. The minimum absolute atomic E-state index is 0.113. The minimum atomic E-state index is -0.171. The molecule has 11 heavy (non-hydrogen) atoms. The van der Waals surface area contributed by atoms with Crippen LogP contribution in [-0.4, -0.2) is 28.5 Å². The standard InChI is InChI=1S/C7H11N2OS/c1-7(2)4-5(10)8-6(11)9(7)3/h4H2,1-3H3. The highest BCUT2D eigenvalue weighted by Crippen LogP contribution is 2.21. The van der Waals surface area contributed by atoms with Crippen molar-refractivity contribution in [1.29, 1.82) is 0 Å². The maximum Gasteiger partial charge on any atom is 0.250 e. The molecule has 1 radical (unpaired) electrons. The van der Waals surface area contributed by atoms with E-state index in [9.17, 15) is 4.79 Å². The lowest BCUT2D eigenvalue weighted by molar-refractivity contribution is -0.123. The van der Waals surface area contributed by atoms with Gasteiger partial charge in [-0.15, -0.1) is 0 Å². The van der Waals surface area contributed by atoms with Gasteiger partial charge in [-0.2, -0.15) is 5.32 Å². The van der Waals surface area contributed by atoms with Crippen molar-refractivity contribution in [2.24, 2.45) is 0 Å². The number of amides is 1. The van der Waals surface area contributed by atoms with E-state index in [1.165, 1.54) is 0 Å². The topological polar surface area (TPSA) is 34.4 Å². The van der Waals surface area contributed by atoms with E-state index in [1.807, 2.05) is 25.8 Å². The van der Waals surface area contributed by atoms with Crippen LogP contribution in [0.15, 0.2) is 0 Å². The predicted octanol–water partition coefficient (Wildman–Crippen LogP) is 0.516. The molecule has 0 aromatic carbocycles. The molecular weight excluding hydrogens is 160 g/mol. The van der Waals surface area contributed by atoms with Crippen LogP contribution in [0.5, 0.6) is 0 Å². The molecule has 0 spiro atoms. The Morgan fingerprint density at radius 1 is 1.64 bits per heavy atom. The van der Waals surface area contributed by atoms with Gasteiger partial charge in [0, 0.05) is 12.6 Å². The summed E-state index contributed by atoms with van der Waals surface area (Å²) in [5, 5.41) is 4.07. The van der Waals surface area contributed by atoms with E-state index < -0.39 is 0 Å². The van der Waals surface area contributed by atoms with Crippen LogP contribution in [0.25, 0.3) is 0 Å². The van der Waals surface area contributed by atoms with Crippen molar-refractivity contribution in [1.82, 2.24) is 10.2 Å². The van der Waals surface area contributed by atoms with Crippen molar-refractivity contribution in [3.63, 3.8) is 0 Å². The molecular formula is C7H11N2OS. The Bertz CT molecular complexity index is 212. The van der Waals surface area contributed by atoms with Crippen LogP contribution in [0.2, 0.25) is 0 Å². The van der Waals surface area contributed by atoms with Gasteiger partial charge in [0.15, 0.2) is 5.11 Å². The van der Waals surface area contributed by atoms with Gasteiger partial charge >= 0.3 is 0 Å². The van der Waals surface area contributed by atoms with Gasteiger partial charge in [0.1, 0.15) is 0 Å². The molecule has 61 valence electrons. The summed E-state index contributed by atoms with van der Waals surface area (Å²) in [6.45, 7) is 3.96. The fraction of sp³-hybridized carbons (Fsp3) is 0.714. The summed E-state index contributed by atoms with van der Waals surface area (Å²) in [4.78, 5) is 12.8. The van der Waals surface area contributed by atoms with Gasteiger partial charge in [-0.25, -0.2) is 0 Å². The first-order chi connectivity index (χ1) is 4.93. The predicted molar refractivity (Wildman–Crippen MR) is 46.2 cm³/mol. The molecule has 1 heterocycles. The second-order valence-corrected chi connectivity index (χ2v) is 3.70. The van der Waals surface area contributed by atoms with Gasteiger partial charge in [0.25, 0.3) is 5.91 Å². The number of hydrogen-bond acceptors (Lipinski definition) is 2. The van der Waals surface area contributed by atoms with Gasteiger partial charge in [-0.05, 0) is 26.1 Å². The minimum Gasteiger partial charge on any atom is -0.345 e. The first-order valence-corrected chi connectivity index (χ1v) is 3.87. The summed E-state index contributed by atoms with van der Waals surface area (Å²) in [5.74, 6) is -0.113. The van der Waals surface area contributed by atoms with Gasteiger partial charge in [0.2, 0.25) is 0 Å². The summed E-state index contributed by atoms with van der Waals surface area (Å²) in [5.41, 5.74) is -0.171. The van der Waals surface area contributed by atoms with Crippen LogP contribution in [0.1, 0.15) is 20.3 Å². The Morgan fingerprint density at radius 2 is 2.18 bits per heavy atom. The van der Waals surface area contributed by atoms with Gasteiger partial charge in [0.05, 0.1) is 6.42 Å². The third-order valence-corrected chi connectivity index (χ3v) is 2.36. The van der Waals surface area contributed by atoms with Crippen LogP contribution in [0.3, 0.4) is 0 Å². The average Bonchev–Trinajstić information content (AvgIpc) is 1.81. The molecule has 1 amide bonds. The van der Waals surface area contributed by atoms with E-state index in [2.05, 4.69) is 5.32 Å². The number of rotatable bonds is 0. The van der Waals surface area contributed by atoms with E-state index >= 15 is 0 Å². The molecule has 1 aliphatic rings. The SMILES string of the molecule is CN1C(=S)[N]C(=O)CC1(C)C. The van der Waals surface area contributed by atoms with Crippen molar-refractivity contribution in [2.75, 3.05) is 7.05 Å². The summed E-state index contributed by atoms with van der Waals surface area (Å²) in [6.07, 6.45) is 0.448. The molecule has 1 fully saturated rings. The second-order valence-electron chi connectivity index (χ2n) is 3.34. The number of thiocarbonyl (C=S) groups is 1. The fourth-order valence-electron chi connectivity index (χ4n) is 0.969. The largest absolute Gasteiger partial charge is 0.345 e. The summed E-state index contributed by atoms with van der Waals surface area (Å²) in [6, 6.07) is 0. The Hall–Kier alpha value is -0.640. The highest BCUT2D eigenvalue weighted by Gasteiger charge is 2.34. The number of carbonyl (C=O) groups is 1. The quantitative estimate of drug-likeness (QED) is 0.498. The second kappa shape index (κ2) is 2.44. The highest BCUT2D eigenvalue weighted by molar-refractivity contribution is 7.80. The number of nitrogens with zero attached hydrogens (tertiary/aromatic N) is 2. The molecule has 1 aliphatic heterocycles. The van der Waals surface area contributed by atoms with Gasteiger partial charge in [-0.3, -0.25) is 4.79 Å². The third-order valence-electron chi connectivity index (χ3n) is 2.00. The molecule has 0 aromatic rings. The smallest absolute Gasteiger partial charge is 0.250 e. The van der Waals surface area contributed by atoms with Gasteiger partial charge in [-0.1, -0.05) is 0 Å². The van der Waals surface area contributed by atoms with E-state index in [4.69, 9.17) is 12.2 Å². The maximum absolute atomic E-state index is 11.0. The van der Waals surface area contributed by atoms with Crippen molar-refractivity contribution >= 4 is 23.2 Å². The highest BCUT2D eigenvalue weighted by atomic mass is 32.1. The molecule has 0 unspecified atom stereocenters. The summed E-state index contributed by atoms with van der Waals surface area (Å²) in [7, 11) is 1.86. The van der Waals surface area contributed by atoms with E-state index in [0.29, 0.717) is 11.5 Å². The lowest BCUT2D eigenvalue weighted by Gasteiger charge is -2.39. The summed E-state index contributed by atoms with van der Waals surface area (Å²) < 4.78 is 0. The molecule has 4 heteroatoms. The zero-order valence-corrected chi connectivity index (χ0v) is 7.73. The van der Waals surface area contributed by atoms with Crippen molar-refractivity contribution in [3.8, 4) is 0 Å². The Labute approximate surface area is 71.8 Å². The Balaban J connectivity index is 2.83. The van der Waals surface area contributed by atoms with E-state index in [1.54, 1.807) is 0 Å². The summed E-state index contributed by atoms with van der Waals surface area (Å²) >= 11 is 4.89. The number of carbonyl (C=O) groups excluding carboxylic acids is 1. The molecule has 1 rings (SSSR count). The zero-order chi connectivity index (χ0) is 8.65. The molecule has 3 nitrogen and oxygen atoms in total. The first-order valence-electron chi connectivity index (χ1n) is 3.46. The van der Waals surface area contributed by atoms with Crippen LogP contribution >= 0.6 is 12.2 Å².